The summed E-state index contributed by atoms with van der Waals surface area (Å²) in [5.41, 5.74) is 2.52. The van der Waals surface area contributed by atoms with Crippen molar-refractivity contribution in [3.8, 4) is 0 Å². The van der Waals surface area contributed by atoms with Crippen LogP contribution < -0.4 is 10.2 Å². The molecule has 35 heavy (non-hydrogen) atoms. The van der Waals surface area contributed by atoms with Gasteiger partial charge in [0.1, 0.15) is 11.6 Å². The van der Waals surface area contributed by atoms with Gasteiger partial charge in [-0.1, -0.05) is 27.5 Å². The standard InChI is InChI=1S/C26H26BrClFN3O3/c1-15-24(20-12-17(27)5-8-22(20)31-25(15)32-10-2-3-11-32)26(35)30-14-16(4-9-23(33)34)19-13-18(29)6-7-21(19)28/h5-8,12-13,16H,2-4,9-11,14H2,1H3,(H,30,35)(H,33,34). The minimum atomic E-state index is -0.968. The predicted molar refractivity (Wildman–Crippen MR) is 139 cm³/mol. The minimum absolute atomic E-state index is 0.117. The van der Waals surface area contributed by atoms with E-state index in [0.717, 1.165) is 52.7 Å². The van der Waals surface area contributed by atoms with Crippen molar-refractivity contribution in [1.29, 1.82) is 0 Å². The molecule has 0 saturated carbocycles. The fraction of sp³-hybridized carbons (Fsp3) is 0.346. The van der Waals surface area contributed by atoms with Gasteiger partial charge in [0.2, 0.25) is 0 Å². The number of hydrogen-bond acceptors (Lipinski definition) is 4. The van der Waals surface area contributed by atoms with Gasteiger partial charge in [0.25, 0.3) is 5.91 Å². The summed E-state index contributed by atoms with van der Waals surface area (Å²) in [5.74, 6) is -1.38. The van der Waals surface area contributed by atoms with Crippen LogP contribution >= 0.6 is 27.5 Å². The number of pyridine rings is 1. The van der Waals surface area contributed by atoms with Gasteiger partial charge in [0, 0.05) is 52.4 Å². The molecule has 9 heteroatoms. The summed E-state index contributed by atoms with van der Waals surface area (Å²) in [6.07, 6.45) is 2.25. The number of hydrogen-bond donors (Lipinski definition) is 2. The number of aromatic nitrogens is 1. The lowest BCUT2D eigenvalue weighted by atomic mass is 9.93. The van der Waals surface area contributed by atoms with Gasteiger partial charge in [-0.2, -0.15) is 0 Å². The first-order valence-electron chi connectivity index (χ1n) is 11.5. The molecule has 1 amide bonds. The highest BCUT2D eigenvalue weighted by Crippen LogP contribution is 2.33. The smallest absolute Gasteiger partial charge is 0.303 e. The van der Waals surface area contributed by atoms with E-state index >= 15 is 0 Å². The SMILES string of the molecule is Cc1c(N2CCCC2)nc2ccc(Br)cc2c1C(=O)NCC(CCC(=O)O)c1cc(F)ccc1Cl. The summed E-state index contributed by atoms with van der Waals surface area (Å²) >= 11 is 9.80. The predicted octanol–water partition coefficient (Wildman–Crippen LogP) is 6.08. The summed E-state index contributed by atoms with van der Waals surface area (Å²) < 4.78 is 14.8. The van der Waals surface area contributed by atoms with E-state index in [9.17, 15) is 19.1 Å². The van der Waals surface area contributed by atoms with Crippen molar-refractivity contribution in [3.05, 3.63) is 68.4 Å². The molecule has 1 aromatic heterocycles. The number of carboxylic acids is 1. The third-order valence-electron chi connectivity index (χ3n) is 6.41. The molecule has 4 rings (SSSR count). The molecule has 0 aliphatic carbocycles. The van der Waals surface area contributed by atoms with Crippen molar-refractivity contribution in [1.82, 2.24) is 10.3 Å². The summed E-state index contributed by atoms with van der Waals surface area (Å²) in [4.78, 5) is 31.9. The van der Waals surface area contributed by atoms with E-state index in [1.54, 1.807) is 0 Å². The average molecular weight is 563 g/mol. The number of amides is 1. The van der Waals surface area contributed by atoms with Gasteiger partial charge in [-0.15, -0.1) is 0 Å². The van der Waals surface area contributed by atoms with Crippen LogP contribution in [0.15, 0.2) is 40.9 Å². The summed E-state index contributed by atoms with van der Waals surface area (Å²) in [7, 11) is 0. The number of carbonyl (C=O) groups is 2. The van der Waals surface area contributed by atoms with Crippen molar-refractivity contribution < 1.29 is 19.1 Å². The number of fused-ring (bicyclic) bond motifs is 1. The third-order valence-corrected chi connectivity index (χ3v) is 7.25. The summed E-state index contributed by atoms with van der Waals surface area (Å²) in [6.45, 7) is 3.81. The Labute approximate surface area is 216 Å². The minimum Gasteiger partial charge on any atom is -0.481 e. The number of nitrogens with zero attached hydrogens (tertiary/aromatic N) is 2. The molecule has 2 heterocycles. The lowest BCUT2D eigenvalue weighted by Gasteiger charge is -2.23. The number of anilines is 1. The normalized spacial score (nSPS) is 14.3. The van der Waals surface area contributed by atoms with Crippen LogP contribution in [0, 0.1) is 12.7 Å². The Bertz CT molecular complexity index is 1280. The zero-order valence-electron chi connectivity index (χ0n) is 19.3. The molecule has 1 fully saturated rings. The van der Waals surface area contributed by atoms with Crippen LogP contribution in [-0.2, 0) is 4.79 Å². The van der Waals surface area contributed by atoms with Gasteiger partial charge in [-0.25, -0.2) is 9.37 Å². The maximum atomic E-state index is 13.9. The molecule has 3 aromatic rings. The molecule has 2 N–H and O–H groups in total. The van der Waals surface area contributed by atoms with E-state index in [2.05, 4.69) is 26.1 Å². The number of benzene rings is 2. The van der Waals surface area contributed by atoms with Crippen LogP contribution in [0.1, 0.15) is 53.1 Å². The highest BCUT2D eigenvalue weighted by Gasteiger charge is 2.25. The lowest BCUT2D eigenvalue weighted by Crippen LogP contribution is -2.30. The van der Waals surface area contributed by atoms with Crippen molar-refractivity contribution in [2.24, 2.45) is 0 Å². The molecule has 1 aliphatic heterocycles. The Morgan fingerprint density at radius 1 is 1.23 bits per heavy atom. The largest absolute Gasteiger partial charge is 0.481 e. The van der Waals surface area contributed by atoms with Gasteiger partial charge >= 0.3 is 5.97 Å². The van der Waals surface area contributed by atoms with Crippen molar-refractivity contribution in [2.45, 2.75) is 38.5 Å². The zero-order chi connectivity index (χ0) is 25.1. The number of halogens is 3. The van der Waals surface area contributed by atoms with Crippen LogP contribution in [-0.4, -0.2) is 41.6 Å². The van der Waals surface area contributed by atoms with Crippen molar-refractivity contribution in [2.75, 3.05) is 24.5 Å². The van der Waals surface area contributed by atoms with E-state index in [-0.39, 0.29) is 25.3 Å². The Morgan fingerprint density at radius 3 is 2.69 bits per heavy atom. The molecule has 1 atom stereocenters. The van der Waals surface area contributed by atoms with Crippen LogP contribution in [0.5, 0.6) is 0 Å². The summed E-state index contributed by atoms with van der Waals surface area (Å²) in [6, 6.07) is 9.66. The van der Waals surface area contributed by atoms with Crippen LogP contribution in [0.4, 0.5) is 10.2 Å². The van der Waals surface area contributed by atoms with E-state index in [1.807, 2.05) is 25.1 Å². The van der Waals surface area contributed by atoms with Crippen LogP contribution in [0.2, 0.25) is 5.02 Å². The number of aliphatic carboxylic acids is 1. The first-order chi connectivity index (χ1) is 16.7. The molecule has 1 saturated heterocycles. The van der Waals surface area contributed by atoms with Gasteiger partial charge in [-0.3, -0.25) is 9.59 Å². The monoisotopic (exact) mass is 561 g/mol. The van der Waals surface area contributed by atoms with E-state index in [0.29, 0.717) is 16.1 Å². The first kappa shape index (κ1) is 25.4. The maximum absolute atomic E-state index is 13.9. The van der Waals surface area contributed by atoms with Gasteiger partial charge in [-0.05, 0) is 68.1 Å². The molecule has 6 nitrogen and oxygen atoms in total. The van der Waals surface area contributed by atoms with E-state index in [4.69, 9.17) is 16.6 Å². The molecule has 1 unspecified atom stereocenters. The third kappa shape index (κ3) is 5.76. The van der Waals surface area contributed by atoms with Gasteiger partial charge in [0.05, 0.1) is 11.1 Å². The van der Waals surface area contributed by atoms with Crippen molar-refractivity contribution in [3.63, 3.8) is 0 Å². The lowest BCUT2D eigenvalue weighted by molar-refractivity contribution is -0.137. The van der Waals surface area contributed by atoms with Gasteiger partial charge in [0.15, 0.2) is 0 Å². The zero-order valence-corrected chi connectivity index (χ0v) is 21.6. The molecule has 0 radical (unpaired) electrons. The van der Waals surface area contributed by atoms with Gasteiger partial charge < -0.3 is 15.3 Å². The second-order valence-electron chi connectivity index (χ2n) is 8.80. The molecular weight excluding hydrogens is 537 g/mol. The molecular formula is C26H26BrClFN3O3. The molecule has 184 valence electrons. The topological polar surface area (TPSA) is 82.5 Å². The molecule has 1 aliphatic rings. The molecule has 0 spiro atoms. The van der Waals surface area contributed by atoms with Crippen LogP contribution in [0.3, 0.4) is 0 Å². The van der Waals surface area contributed by atoms with Crippen LogP contribution in [0.25, 0.3) is 10.9 Å². The Morgan fingerprint density at radius 2 is 1.97 bits per heavy atom. The second-order valence-corrected chi connectivity index (χ2v) is 10.1. The molecule has 2 aromatic carbocycles. The number of rotatable bonds is 8. The Hall–Kier alpha value is -2.71. The number of nitrogens with one attached hydrogen (secondary N) is 1. The fourth-order valence-corrected chi connectivity index (χ4v) is 5.28. The highest BCUT2D eigenvalue weighted by atomic mass is 79.9. The Kier molecular flexibility index (Phi) is 7.91. The highest BCUT2D eigenvalue weighted by molar-refractivity contribution is 9.10. The summed E-state index contributed by atoms with van der Waals surface area (Å²) in [5, 5.41) is 13.2. The Balaban J connectivity index is 1.68. The van der Waals surface area contributed by atoms with Crippen molar-refractivity contribution >= 4 is 56.1 Å². The number of carboxylic acid groups (broad SMARTS) is 1. The number of carbonyl (C=O) groups excluding carboxylic acids is 1. The maximum Gasteiger partial charge on any atom is 0.303 e. The van der Waals surface area contributed by atoms with E-state index < -0.39 is 17.7 Å². The average Bonchev–Trinajstić information content (AvgIpc) is 3.35. The fourth-order valence-electron chi connectivity index (χ4n) is 4.64. The first-order valence-corrected chi connectivity index (χ1v) is 12.7. The second kappa shape index (κ2) is 10.9. The van der Waals surface area contributed by atoms with E-state index in [1.165, 1.54) is 18.2 Å². The quantitative estimate of drug-likeness (QED) is 0.348. The molecule has 0 bridgehead atoms.